The summed E-state index contributed by atoms with van der Waals surface area (Å²) in [6.07, 6.45) is 1.90. The molecule has 1 saturated carbocycles. The lowest BCUT2D eigenvalue weighted by Crippen LogP contribution is -2.53. The van der Waals surface area contributed by atoms with Crippen molar-refractivity contribution < 1.29 is 18.4 Å². The van der Waals surface area contributed by atoms with Crippen LogP contribution >= 0.6 is 0 Å². The molecule has 0 radical (unpaired) electrons. The Bertz CT molecular complexity index is 517. The van der Waals surface area contributed by atoms with E-state index < -0.39 is 20.0 Å². The van der Waals surface area contributed by atoms with Gasteiger partial charge in [0.25, 0.3) is 0 Å². The molecule has 2 atom stereocenters. The summed E-state index contributed by atoms with van der Waals surface area (Å²) in [5, 5.41) is 0. The summed E-state index contributed by atoms with van der Waals surface area (Å²) < 4.78 is 17.9. The quantitative estimate of drug-likeness (QED) is 0.542. The van der Waals surface area contributed by atoms with Crippen molar-refractivity contribution >= 4 is 8.80 Å². The lowest BCUT2D eigenvalue weighted by molar-refractivity contribution is -0.0292. The van der Waals surface area contributed by atoms with Crippen LogP contribution in [-0.4, -0.2) is 31.4 Å². The average Bonchev–Trinajstić information content (AvgIpc) is 3.21. The predicted octanol–water partition coefficient (Wildman–Crippen LogP) is 4.54. The SMILES string of the molecule is CC(C)(C)O[Si](O)(OC(C)(C)C)[C@H]1C[C@@H]1CCOCc1ccccc1. The van der Waals surface area contributed by atoms with Crippen LogP contribution in [0.1, 0.15) is 59.9 Å². The Morgan fingerprint density at radius 1 is 1.00 bits per heavy atom. The van der Waals surface area contributed by atoms with Gasteiger partial charge in [0, 0.05) is 12.1 Å². The van der Waals surface area contributed by atoms with Crippen LogP contribution in [0.25, 0.3) is 0 Å². The Labute approximate surface area is 153 Å². The third-order valence-corrected chi connectivity index (χ3v) is 7.49. The van der Waals surface area contributed by atoms with E-state index in [1.54, 1.807) is 0 Å². The fourth-order valence-electron chi connectivity index (χ4n) is 3.06. The van der Waals surface area contributed by atoms with Gasteiger partial charge in [-0.1, -0.05) is 30.3 Å². The van der Waals surface area contributed by atoms with Gasteiger partial charge in [0.15, 0.2) is 0 Å². The van der Waals surface area contributed by atoms with Gasteiger partial charge in [-0.25, -0.2) is 0 Å². The molecule has 1 N–H and O–H groups in total. The van der Waals surface area contributed by atoms with Gasteiger partial charge in [-0.15, -0.1) is 0 Å². The maximum Gasteiger partial charge on any atom is 0.502 e. The highest BCUT2D eigenvalue weighted by molar-refractivity contribution is 6.62. The molecule has 0 heterocycles. The van der Waals surface area contributed by atoms with Gasteiger partial charge in [0.05, 0.1) is 17.8 Å². The van der Waals surface area contributed by atoms with Crippen molar-refractivity contribution in [2.24, 2.45) is 5.92 Å². The monoisotopic (exact) mass is 366 g/mol. The molecule has 2 rings (SSSR count). The average molecular weight is 367 g/mol. The van der Waals surface area contributed by atoms with Crippen LogP contribution in [0.5, 0.6) is 0 Å². The number of hydrogen-bond acceptors (Lipinski definition) is 4. The first-order valence-electron chi connectivity index (χ1n) is 9.23. The molecule has 1 fully saturated rings. The zero-order valence-corrected chi connectivity index (χ0v) is 17.5. The smallest absolute Gasteiger partial charge is 0.390 e. The molecule has 0 bridgehead atoms. The molecule has 142 valence electrons. The van der Waals surface area contributed by atoms with Gasteiger partial charge in [0.1, 0.15) is 0 Å². The van der Waals surface area contributed by atoms with Crippen molar-refractivity contribution in [3.8, 4) is 0 Å². The van der Waals surface area contributed by atoms with E-state index in [1.165, 1.54) is 5.56 Å². The number of hydrogen-bond donors (Lipinski definition) is 1. The molecular weight excluding hydrogens is 332 g/mol. The Hall–Kier alpha value is -0.723. The van der Waals surface area contributed by atoms with Crippen molar-refractivity contribution in [3.63, 3.8) is 0 Å². The van der Waals surface area contributed by atoms with Crippen LogP contribution < -0.4 is 0 Å². The highest BCUT2D eigenvalue weighted by Gasteiger charge is 2.61. The molecule has 25 heavy (non-hydrogen) atoms. The highest BCUT2D eigenvalue weighted by atomic mass is 28.4. The first kappa shape index (κ1) is 20.6. The third-order valence-electron chi connectivity index (χ3n) is 4.04. The van der Waals surface area contributed by atoms with E-state index in [0.717, 1.165) is 12.8 Å². The lowest BCUT2D eigenvalue weighted by Gasteiger charge is -2.37. The van der Waals surface area contributed by atoms with Crippen LogP contribution in [-0.2, 0) is 20.2 Å². The summed E-state index contributed by atoms with van der Waals surface area (Å²) in [6.45, 7) is 13.2. The summed E-state index contributed by atoms with van der Waals surface area (Å²) in [4.78, 5) is 11.2. The van der Waals surface area contributed by atoms with Crippen molar-refractivity contribution in [1.82, 2.24) is 0 Å². The zero-order chi connectivity index (χ0) is 18.7. The molecule has 0 unspecified atom stereocenters. The summed E-state index contributed by atoms with van der Waals surface area (Å²) in [5.41, 5.74) is 0.492. The summed E-state index contributed by atoms with van der Waals surface area (Å²) in [7, 11) is -3.23. The second-order valence-corrected chi connectivity index (χ2v) is 11.4. The molecule has 0 spiro atoms. The van der Waals surface area contributed by atoms with Crippen LogP contribution in [0.15, 0.2) is 30.3 Å². The fraction of sp³-hybridized carbons (Fsp3) is 0.700. The van der Waals surface area contributed by atoms with Gasteiger partial charge in [-0.05, 0) is 65.9 Å². The molecule has 0 aromatic heterocycles. The molecule has 1 aliphatic carbocycles. The van der Waals surface area contributed by atoms with Crippen LogP contribution in [0.3, 0.4) is 0 Å². The normalized spacial score (nSPS) is 21.4. The van der Waals surface area contributed by atoms with E-state index in [9.17, 15) is 4.80 Å². The predicted molar refractivity (Wildman–Crippen MR) is 102 cm³/mol. The van der Waals surface area contributed by atoms with Gasteiger partial charge >= 0.3 is 8.80 Å². The van der Waals surface area contributed by atoms with Crippen molar-refractivity contribution in [2.75, 3.05) is 6.61 Å². The minimum absolute atomic E-state index is 0.131. The summed E-state index contributed by atoms with van der Waals surface area (Å²) in [6, 6.07) is 10.2. The standard InChI is InChI=1S/C20H34O4Si/c1-19(2,3)23-25(21,24-20(4,5)6)18-14-17(18)12-13-22-15-16-10-8-7-9-11-16/h7-11,17-18,21H,12-15H2,1-6H3/t17-,18-/m0/s1. The second kappa shape index (κ2) is 7.88. The van der Waals surface area contributed by atoms with Crippen molar-refractivity contribution in [3.05, 3.63) is 35.9 Å². The van der Waals surface area contributed by atoms with E-state index in [4.69, 9.17) is 13.6 Å². The highest BCUT2D eigenvalue weighted by Crippen LogP contribution is 2.54. The zero-order valence-electron chi connectivity index (χ0n) is 16.5. The molecule has 0 saturated heterocycles. The minimum Gasteiger partial charge on any atom is -0.390 e. The van der Waals surface area contributed by atoms with Gasteiger partial charge in [0.2, 0.25) is 0 Å². The molecule has 0 amide bonds. The largest absolute Gasteiger partial charge is 0.502 e. The molecule has 0 aliphatic heterocycles. The first-order chi connectivity index (χ1) is 11.5. The van der Waals surface area contributed by atoms with Crippen LogP contribution in [0.2, 0.25) is 5.54 Å². The third kappa shape index (κ3) is 7.19. The molecule has 4 nitrogen and oxygen atoms in total. The van der Waals surface area contributed by atoms with Gasteiger partial charge in [-0.3, -0.25) is 0 Å². The van der Waals surface area contributed by atoms with E-state index in [0.29, 0.717) is 19.1 Å². The number of ether oxygens (including phenoxy) is 1. The summed E-state index contributed by atoms with van der Waals surface area (Å²) in [5.74, 6) is 0.428. The van der Waals surface area contributed by atoms with E-state index >= 15 is 0 Å². The molecule has 1 aromatic carbocycles. The Morgan fingerprint density at radius 3 is 2.08 bits per heavy atom. The van der Waals surface area contributed by atoms with E-state index in [-0.39, 0.29) is 5.54 Å². The Kier molecular flexibility index (Phi) is 6.49. The van der Waals surface area contributed by atoms with Gasteiger partial charge < -0.3 is 18.4 Å². The van der Waals surface area contributed by atoms with Crippen LogP contribution in [0.4, 0.5) is 0 Å². The van der Waals surface area contributed by atoms with Crippen molar-refractivity contribution in [1.29, 1.82) is 0 Å². The molecule has 1 aromatic rings. The molecule has 5 heteroatoms. The first-order valence-corrected chi connectivity index (χ1v) is 11.1. The van der Waals surface area contributed by atoms with Gasteiger partial charge in [-0.2, -0.15) is 0 Å². The summed E-state index contributed by atoms with van der Waals surface area (Å²) >= 11 is 0. The van der Waals surface area contributed by atoms with E-state index in [2.05, 4.69) is 12.1 Å². The minimum atomic E-state index is -3.23. The Balaban J connectivity index is 1.83. The Morgan fingerprint density at radius 2 is 1.56 bits per heavy atom. The maximum atomic E-state index is 11.2. The van der Waals surface area contributed by atoms with E-state index in [1.807, 2.05) is 59.7 Å². The molecular formula is C20H34O4Si. The van der Waals surface area contributed by atoms with Crippen LogP contribution in [0, 0.1) is 5.92 Å². The fourth-order valence-corrected chi connectivity index (χ4v) is 6.52. The number of rotatable bonds is 8. The lowest BCUT2D eigenvalue weighted by atomic mass is 10.2. The topological polar surface area (TPSA) is 47.9 Å². The maximum absolute atomic E-state index is 11.2. The molecule has 1 aliphatic rings. The number of benzene rings is 1. The van der Waals surface area contributed by atoms with Crippen molar-refractivity contribution in [2.45, 2.75) is 77.7 Å². The second-order valence-electron chi connectivity index (χ2n) is 8.99.